The van der Waals surface area contributed by atoms with Gasteiger partial charge in [0.25, 0.3) is 5.91 Å². The molecule has 1 saturated carbocycles. The van der Waals surface area contributed by atoms with Gasteiger partial charge in [0.15, 0.2) is 0 Å². The van der Waals surface area contributed by atoms with Gasteiger partial charge >= 0.3 is 5.97 Å². The average molecular weight is 400 g/mol. The molecule has 0 saturated heterocycles. The summed E-state index contributed by atoms with van der Waals surface area (Å²) in [5, 5.41) is 3.35. The van der Waals surface area contributed by atoms with E-state index in [2.05, 4.69) is 5.32 Å². The third-order valence-electron chi connectivity index (χ3n) is 4.79. The number of halogens is 1. The highest BCUT2D eigenvalue weighted by Crippen LogP contribution is 2.19. The largest absolute Gasteiger partial charge is 0.440 e. The molecule has 146 valence electrons. The summed E-state index contributed by atoms with van der Waals surface area (Å²) in [6.45, 7) is 0. The van der Waals surface area contributed by atoms with E-state index in [0.717, 1.165) is 32.1 Å². The van der Waals surface area contributed by atoms with Crippen molar-refractivity contribution >= 4 is 29.3 Å². The summed E-state index contributed by atoms with van der Waals surface area (Å²) in [4.78, 5) is 38.2. The number of carbonyl (C=O) groups is 3. The quantitative estimate of drug-likeness (QED) is 0.449. The maximum Gasteiger partial charge on any atom is 0.339 e. The van der Waals surface area contributed by atoms with Crippen LogP contribution in [0.3, 0.4) is 0 Å². The molecular weight excluding hydrogens is 378 g/mol. The van der Waals surface area contributed by atoms with Crippen molar-refractivity contribution in [2.45, 2.75) is 44.2 Å². The van der Waals surface area contributed by atoms with Gasteiger partial charge in [0.2, 0.25) is 11.9 Å². The van der Waals surface area contributed by atoms with Gasteiger partial charge in [0, 0.05) is 16.6 Å². The first-order chi connectivity index (χ1) is 13.5. The lowest BCUT2D eigenvalue weighted by atomic mass is 9.95. The average Bonchev–Trinajstić information content (AvgIpc) is 2.73. The zero-order valence-electron chi connectivity index (χ0n) is 15.4. The molecule has 1 N–H and O–H groups in total. The number of hydrogen-bond acceptors (Lipinski definition) is 4. The number of benzene rings is 2. The first-order valence-electron chi connectivity index (χ1n) is 9.41. The van der Waals surface area contributed by atoms with E-state index in [-0.39, 0.29) is 17.2 Å². The van der Waals surface area contributed by atoms with Crippen LogP contribution in [0.4, 0.5) is 0 Å². The van der Waals surface area contributed by atoms with E-state index in [4.69, 9.17) is 16.3 Å². The Bertz CT molecular complexity index is 829. The molecule has 6 heteroatoms. The summed E-state index contributed by atoms with van der Waals surface area (Å²) in [6, 6.07) is 14.4. The highest BCUT2D eigenvalue weighted by Gasteiger charge is 2.33. The fourth-order valence-electron chi connectivity index (χ4n) is 3.26. The molecule has 1 aliphatic rings. The molecule has 1 fully saturated rings. The maximum absolute atomic E-state index is 12.9. The van der Waals surface area contributed by atoms with Crippen molar-refractivity contribution in [3.05, 3.63) is 70.7 Å². The SMILES string of the molecule is O=C(OC(C(=O)NC1CCCCC1)C(=O)c1ccc(Cl)cc1)c1ccccc1. The zero-order chi connectivity index (χ0) is 19.9. The Balaban J connectivity index is 1.79. The molecule has 2 aromatic carbocycles. The lowest BCUT2D eigenvalue weighted by molar-refractivity contribution is -0.128. The Morgan fingerprint density at radius 1 is 0.893 bits per heavy atom. The number of amides is 1. The van der Waals surface area contributed by atoms with Crippen molar-refractivity contribution in [1.82, 2.24) is 5.32 Å². The lowest BCUT2D eigenvalue weighted by Crippen LogP contribution is -2.47. The molecule has 5 nitrogen and oxygen atoms in total. The van der Waals surface area contributed by atoms with Crippen molar-refractivity contribution in [3.8, 4) is 0 Å². The van der Waals surface area contributed by atoms with Crippen LogP contribution in [0.5, 0.6) is 0 Å². The summed E-state index contributed by atoms with van der Waals surface area (Å²) in [5.41, 5.74) is 0.538. The third kappa shape index (κ3) is 5.20. The summed E-state index contributed by atoms with van der Waals surface area (Å²) < 4.78 is 5.35. The second-order valence-corrected chi connectivity index (χ2v) is 7.30. The number of rotatable bonds is 6. The van der Waals surface area contributed by atoms with E-state index in [0.29, 0.717) is 5.02 Å². The van der Waals surface area contributed by atoms with Crippen molar-refractivity contribution in [2.75, 3.05) is 0 Å². The second kappa shape index (κ2) is 9.51. The number of carbonyl (C=O) groups excluding carboxylic acids is 3. The number of esters is 1. The Labute approximate surface area is 169 Å². The van der Waals surface area contributed by atoms with Gasteiger partial charge < -0.3 is 10.1 Å². The minimum absolute atomic E-state index is 0.00260. The molecule has 2 aromatic rings. The molecule has 1 unspecified atom stereocenters. The monoisotopic (exact) mass is 399 g/mol. The van der Waals surface area contributed by atoms with Gasteiger partial charge in [-0.05, 0) is 49.2 Å². The van der Waals surface area contributed by atoms with Crippen LogP contribution in [0.15, 0.2) is 54.6 Å². The van der Waals surface area contributed by atoms with Crippen LogP contribution in [-0.4, -0.2) is 29.8 Å². The Kier molecular flexibility index (Phi) is 6.82. The summed E-state index contributed by atoms with van der Waals surface area (Å²) in [5.74, 6) is -1.88. The molecule has 0 aliphatic heterocycles. The van der Waals surface area contributed by atoms with E-state index in [1.54, 1.807) is 42.5 Å². The number of hydrogen-bond donors (Lipinski definition) is 1. The smallest absolute Gasteiger partial charge is 0.339 e. The molecule has 28 heavy (non-hydrogen) atoms. The van der Waals surface area contributed by atoms with Crippen LogP contribution in [0.25, 0.3) is 0 Å². The van der Waals surface area contributed by atoms with Gasteiger partial charge in [0.1, 0.15) is 0 Å². The van der Waals surface area contributed by atoms with Gasteiger partial charge in [0.05, 0.1) is 5.56 Å². The molecule has 0 bridgehead atoms. The zero-order valence-corrected chi connectivity index (χ0v) is 16.2. The van der Waals surface area contributed by atoms with E-state index in [9.17, 15) is 14.4 Å². The lowest BCUT2D eigenvalue weighted by Gasteiger charge is -2.25. The van der Waals surface area contributed by atoms with Gasteiger partial charge in [-0.25, -0.2) is 4.79 Å². The van der Waals surface area contributed by atoms with E-state index >= 15 is 0 Å². The molecule has 0 aromatic heterocycles. The molecule has 0 radical (unpaired) electrons. The highest BCUT2D eigenvalue weighted by atomic mass is 35.5. The topological polar surface area (TPSA) is 72.5 Å². The van der Waals surface area contributed by atoms with Gasteiger partial charge in [-0.3, -0.25) is 9.59 Å². The predicted molar refractivity (Wildman–Crippen MR) is 106 cm³/mol. The minimum Gasteiger partial charge on any atom is -0.440 e. The normalized spacial score (nSPS) is 15.5. The second-order valence-electron chi connectivity index (χ2n) is 6.87. The van der Waals surface area contributed by atoms with Crippen molar-refractivity contribution in [2.24, 2.45) is 0 Å². The first-order valence-corrected chi connectivity index (χ1v) is 9.78. The highest BCUT2D eigenvalue weighted by molar-refractivity contribution is 6.30. The van der Waals surface area contributed by atoms with Crippen LogP contribution in [-0.2, 0) is 9.53 Å². The van der Waals surface area contributed by atoms with Crippen LogP contribution in [0, 0.1) is 0 Å². The van der Waals surface area contributed by atoms with Crippen LogP contribution in [0.2, 0.25) is 5.02 Å². The van der Waals surface area contributed by atoms with Crippen molar-refractivity contribution in [3.63, 3.8) is 0 Å². The summed E-state index contributed by atoms with van der Waals surface area (Å²) >= 11 is 5.88. The maximum atomic E-state index is 12.9. The van der Waals surface area contributed by atoms with Crippen molar-refractivity contribution in [1.29, 1.82) is 0 Å². The Morgan fingerprint density at radius 3 is 2.18 bits per heavy atom. The molecule has 1 amide bonds. The number of Topliss-reactive ketones (excluding diaryl/α,β-unsaturated/α-hetero) is 1. The first kappa shape index (κ1) is 20.1. The van der Waals surface area contributed by atoms with Gasteiger partial charge in [-0.1, -0.05) is 49.1 Å². The number of nitrogens with one attached hydrogen (secondary N) is 1. The van der Waals surface area contributed by atoms with Crippen LogP contribution in [0.1, 0.15) is 52.8 Å². The molecular formula is C22H22ClNO4. The fraction of sp³-hybridized carbons (Fsp3) is 0.318. The van der Waals surface area contributed by atoms with Crippen molar-refractivity contribution < 1.29 is 19.1 Å². The standard InChI is InChI=1S/C22H22ClNO4/c23-17-13-11-15(12-14-17)19(25)20(21(26)24-18-9-5-2-6-10-18)28-22(27)16-7-3-1-4-8-16/h1,3-4,7-8,11-14,18,20H,2,5-6,9-10H2,(H,24,26). The third-order valence-corrected chi connectivity index (χ3v) is 5.04. The van der Waals surface area contributed by atoms with Gasteiger partial charge in [-0.15, -0.1) is 0 Å². The fourth-order valence-corrected chi connectivity index (χ4v) is 3.39. The molecule has 1 atom stereocenters. The molecule has 3 rings (SSSR count). The van der Waals surface area contributed by atoms with Crippen LogP contribution >= 0.6 is 11.6 Å². The molecule has 0 spiro atoms. The van der Waals surface area contributed by atoms with E-state index in [1.165, 1.54) is 12.1 Å². The Hall–Kier alpha value is -2.66. The minimum atomic E-state index is -1.55. The summed E-state index contributed by atoms with van der Waals surface area (Å²) in [7, 11) is 0. The molecule has 1 aliphatic carbocycles. The molecule has 0 heterocycles. The predicted octanol–water partition coefficient (Wildman–Crippen LogP) is 4.20. The van der Waals surface area contributed by atoms with E-state index < -0.39 is 23.8 Å². The Morgan fingerprint density at radius 2 is 1.54 bits per heavy atom. The van der Waals surface area contributed by atoms with E-state index in [1.807, 2.05) is 0 Å². The van der Waals surface area contributed by atoms with Crippen LogP contribution < -0.4 is 5.32 Å². The van der Waals surface area contributed by atoms with Gasteiger partial charge in [-0.2, -0.15) is 0 Å². The number of ketones is 1. The summed E-state index contributed by atoms with van der Waals surface area (Å²) in [6.07, 6.45) is 3.38. The number of ether oxygens (including phenoxy) is 1.